The van der Waals surface area contributed by atoms with E-state index in [1.54, 1.807) is 6.20 Å². The number of carbonyl (C=O) groups is 1. The molecule has 1 amide bonds. The Kier molecular flexibility index (Phi) is 6.24. The van der Waals surface area contributed by atoms with Gasteiger partial charge in [-0.15, -0.1) is 0 Å². The summed E-state index contributed by atoms with van der Waals surface area (Å²) < 4.78 is 0. The summed E-state index contributed by atoms with van der Waals surface area (Å²) in [5.41, 5.74) is 0.0768. The summed E-state index contributed by atoms with van der Waals surface area (Å²) in [4.78, 5) is 23.4. The Labute approximate surface area is 171 Å². The fourth-order valence-electron chi connectivity index (χ4n) is 3.67. The van der Waals surface area contributed by atoms with Gasteiger partial charge in [0, 0.05) is 23.9 Å². The van der Waals surface area contributed by atoms with Crippen molar-refractivity contribution < 1.29 is 19.7 Å². The lowest BCUT2D eigenvalue weighted by atomic mass is 9.74. The van der Waals surface area contributed by atoms with Crippen LogP contribution in [0.15, 0.2) is 41.7 Å². The molecule has 0 saturated carbocycles. The molecule has 1 unspecified atom stereocenters. The molecule has 2 heterocycles. The first-order valence-electron chi connectivity index (χ1n) is 10.0. The maximum atomic E-state index is 13.2. The zero-order valence-electron chi connectivity index (χ0n) is 17.3. The van der Waals surface area contributed by atoms with Gasteiger partial charge in [-0.3, -0.25) is 9.78 Å². The smallest absolute Gasteiger partial charge is 0.426 e. The van der Waals surface area contributed by atoms with Crippen LogP contribution in [0.25, 0.3) is 10.8 Å². The second-order valence-corrected chi connectivity index (χ2v) is 8.35. The van der Waals surface area contributed by atoms with Gasteiger partial charge in [0.15, 0.2) is 0 Å². The van der Waals surface area contributed by atoms with Gasteiger partial charge in [0.05, 0.1) is 11.6 Å². The summed E-state index contributed by atoms with van der Waals surface area (Å²) in [5, 5.41) is 28.3. The van der Waals surface area contributed by atoms with Crippen molar-refractivity contribution in [1.29, 1.82) is 0 Å². The Balaban J connectivity index is 1.87. The molecule has 2 aromatic rings. The third kappa shape index (κ3) is 4.28. The lowest BCUT2D eigenvalue weighted by molar-refractivity contribution is -0.150. The summed E-state index contributed by atoms with van der Waals surface area (Å²) >= 11 is 0. The van der Waals surface area contributed by atoms with Crippen LogP contribution in [-0.4, -0.2) is 45.3 Å². The molecule has 3 rings (SSSR count). The van der Waals surface area contributed by atoms with E-state index in [0.29, 0.717) is 17.8 Å². The van der Waals surface area contributed by atoms with Crippen molar-refractivity contribution in [2.75, 3.05) is 0 Å². The van der Waals surface area contributed by atoms with Crippen molar-refractivity contribution in [3.63, 3.8) is 0 Å². The molecule has 0 bridgehead atoms. The van der Waals surface area contributed by atoms with Gasteiger partial charge in [-0.25, -0.2) is 0 Å². The van der Waals surface area contributed by atoms with Crippen LogP contribution < -0.4 is 5.32 Å². The summed E-state index contributed by atoms with van der Waals surface area (Å²) in [7, 11) is -1.65. The van der Waals surface area contributed by atoms with Crippen LogP contribution in [0.5, 0.6) is 0 Å². The second-order valence-electron chi connectivity index (χ2n) is 8.35. The zero-order chi connectivity index (χ0) is 21.2. The molecule has 0 radical (unpaired) electrons. The molecule has 1 aromatic carbocycles. The average Bonchev–Trinajstić information content (AvgIpc) is 3.13. The van der Waals surface area contributed by atoms with Crippen LogP contribution in [0, 0.1) is 11.8 Å². The Morgan fingerprint density at radius 3 is 2.62 bits per heavy atom. The van der Waals surface area contributed by atoms with Crippen molar-refractivity contribution in [2.45, 2.75) is 52.1 Å². The minimum atomic E-state index is -1.65. The van der Waals surface area contributed by atoms with Gasteiger partial charge in [-0.05, 0) is 23.8 Å². The fraction of sp³-hybridized carbons (Fsp3) is 0.476. The molecular formula is C21H28BN3O4. The molecule has 0 saturated heterocycles. The van der Waals surface area contributed by atoms with Gasteiger partial charge in [-0.2, -0.15) is 0 Å². The van der Waals surface area contributed by atoms with Crippen molar-refractivity contribution in [2.24, 2.45) is 17.0 Å². The number of benzene rings is 1. The number of pyridine rings is 1. The highest BCUT2D eigenvalue weighted by Crippen LogP contribution is 2.35. The Morgan fingerprint density at radius 1 is 1.24 bits per heavy atom. The van der Waals surface area contributed by atoms with Crippen molar-refractivity contribution in [3.8, 4) is 0 Å². The van der Waals surface area contributed by atoms with Gasteiger partial charge in [0.2, 0.25) is 5.60 Å². The van der Waals surface area contributed by atoms with Gasteiger partial charge >= 0.3 is 7.12 Å². The standard InChI is InChI=1S/C21H28BN3O4/c1-13(2)11-18(22(27)28)24-20(26)21(14(3)4)12-17(25-29-21)19-16-8-6-5-7-15(16)9-10-23-19/h5-10,13-14,18,27-28H,11-12H2,1-4H3,(H,24,26)/t18?,21-/m1/s1. The van der Waals surface area contributed by atoms with Gasteiger partial charge in [0.25, 0.3) is 5.91 Å². The number of nitrogens with one attached hydrogen (secondary N) is 1. The van der Waals surface area contributed by atoms with Crippen LogP contribution in [0.3, 0.4) is 0 Å². The average molecular weight is 397 g/mol. The molecular weight excluding hydrogens is 369 g/mol. The first kappa shape index (κ1) is 21.3. The number of hydrogen-bond acceptors (Lipinski definition) is 6. The number of carbonyl (C=O) groups excluding carboxylic acids is 1. The Bertz CT molecular complexity index is 910. The van der Waals surface area contributed by atoms with Crippen LogP contribution in [-0.2, 0) is 9.63 Å². The molecule has 0 fully saturated rings. The number of amides is 1. The van der Waals surface area contributed by atoms with Crippen molar-refractivity contribution in [3.05, 3.63) is 42.2 Å². The highest BCUT2D eigenvalue weighted by Gasteiger charge is 2.51. The van der Waals surface area contributed by atoms with E-state index in [0.717, 1.165) is 10.8 Å². The fourth-order valence-corrected chi connectivity index (χ4v) is 3.67. The van der Waals surface area contributed by atoms with E-state index in [1.807, 2.05) is 58.0 Å². The molecule has 0 spiro atoms. The topological polar surface area (TPSA) is 104 Å². The quantitative estimate of drug-likeness (QED) is 0.622. The van der Waals surface area contributed by atoms with E-state index in [4.69, 9.17) is 4.84 Å². The highest BCUT2D eigenvalue weighted by atomic mass is 16.7. The highest BCUT2D eigenvalue weighted by molar-refractivity contribution is 6.43. The van der Waals surface area contributed by atoms with Gasteiger partial charge in [-0.1, -0.05) is 57.1 Å². The maximum Gasteiger partial charge on any atom is 0.475 e. The molecule has 2 atom stereocenters. The molecule has 3 N–H and O–H groups in total. The molecule has 8 heteroatoms. The molecule has 7 nitrogen and oxygen atoms in total. The third-order valence-electron chi connectivity index (χ3n) is 5.41. The summed E-state index contributed by atoms with van der Waals surface area (Å²) in [6.07, 6.45) is 2.42. The normalized spacial score (nSPS) is 19.9. The number of fused-ring (bicyclic) bond motifs is 1. The van der Waals surface area contributed by atoms with E-state index in [1.165, 1.54) is 0 Å². The summed E-state index contributed by atoms with van der Waals surface area (Å²) in [5.74, 6) is -1.17. The van der Waals surface area contributed by atoms with E-state index in [2.05, 4.69) is 15.5 Å². The number of rotatable bonds is 7. The molecule has 1 aliphatic rings. The van der Waals surface area contributed by atoms with Crippen LogP contribution in [0.2, 0.25) is 0 Å². The summed E-state index contributed by atoms with van der Waals surface area (Å²) in [6.45, 7) is 7.70. The number of hydrogen-bond donors (Lipinski definition) is 3. The number of nitrogens with zero attached hydrogens (tertiary/aromatic N) is 2. The van der Waals surface area contributed by atoms with Crippen LogP contribution in [0.4, 0.5) is 0 Å². The Morgan fingerprint density at radius 2 is 1.97 bits per heavy atom. The first-order chi connectivity index (χ1) is 13.7. The number of oxime groups is 1. The van der Waals surface area contributed by atoms with Gasteiger partial charge < -0.3 is 20.2 Å². The molecule has 154 valence electrons. The third-order valence-corrected chi connectivity index (χ3v) is 5.41. The second kappa shape index (κ2) is 8.51. The molecule has 1 aromatic heterocycles. The monoisotopic (exact) mass is 397 g/mol. The van der Waals surface area contributed by atoms with Crippen molar-refractivity contribution >= 4 is 29.5 Å². The zero-order valence-corrected chi connectivity index (χ0v) is 17.3. The van der Waals surface area contributed by atoms with Crippen LogP contribution in [0.1, 0.15) is 46.2 Å². The lowest BCUT2D eigenvalue weighted by Gasteiger charge is -2.31. The molecule has 29 heavy (non-hydrogen) atoms. The SMILES string of the molecule is CC(C)CC(NC(=O)[C@]1(C(C)C)CC(c2nccc3ccccc23)=NO1)B(O)O. The maximum absolute atomic E-state index is 13.2. The predicted octanol–water partition coefficient (Wildman–Crippen LogP) is 2.30. The molecule has 1 aliphatic heterocycles. The lowest BCUT2D eigenvalue weighted by Crippen LogP contribution is -2.57. The predicted molar refractivity (Wildman–Crippen MR) is 113 cm³/mol. The number of aromatic nitrogens is 1. The first-order valence-corrected chi connectivity index (χ1v) is 10.0. The molecule has 0 aliphatic carbocycles. The van der Waals surface area contributed by atoms with Gasteiger partial charge in [0.1, 0.15) is 5.71 Å². The van der Waals surface area contributed by atoms with Crippen LogP contribution >= 0.6 is 0 Å². The Hall–Kier alpha value is -2.45. The van der Waals surface area contributed by atoms with Crippen molar-refractivity contribution in [1.82, 2.24) is 10.3 Å². The van der Waals surface area contributed by atoms with E-state index in [-0.39, 0.29) is 18.3 Å². The minimum Gasteiger partial charge on any atom is -0.426 e. The van der Waals surface area contributed by atoms with E-state index >= 15 is 0 Å². The van der Waals surface area contributed by atoms with E-state index < -0.39 is 24.6 Å². The van der Waals surface area contributed by atoms with E-state index in [9.17, 15) is 14.8 Å². The summed E-state index contributed by atoms with van der Waals surface area (Å²) in [6, 6.07) is 9.79. The minimum absolute atomic E-state index is 0.186. The largest absolute Gasteiger partial charge is 0.475 e.